The number of cyclic esters (lactones) is 1. The molecule has 3 fully saturated rings. The van der Waals surface area contributed by atoms with Crippen molar-refractivity contribution in [1.82, 2.24) is 0 Å². The Morgan fingerprint density at radius 3 is 2.76 bits per heavy atom. The fourth-order valence-corrected chi connectivity index (χ4v) is 4.98. The van der Waals surface area contributed by atoms with E-state index in [9.17, 15) is 10.0 Å². The van der Waals surface area contributed by atoms with E-state index in [4.69, 9.17) is 4.74 Å². The van der Waals surface area contributed by atoms with E-state index in [0.717, 1.165) is 45.2 Å². The minimum atomic E-state index is -0.0390. The van der Waals surface area contributed by atoms with Gasteiger partial charge in [0.25, 0.3) is 0 Å². The molecule has 3 rings (SSSR count). The molecule has 1 unspecified atom stereocenters. The zero-order valence-corrected chi connectivity index (χ0v) is 13.4. The fourth-order valence-electron chi connectivity index (χ4n) is 4.98. The van der Waals surface area contributed by atoms with Gasteiger partial charge >= 0.3 is 5.97 Å². The van der Waals surface area contributed by atoms with E-state index in [-0.39, 0.29) is 22.6 Å². The van der Waals surface area contributed by atoms with Crippen LogP contribution in [-0.2, 0) is 9.53 Å². The van der Waals surface area contributed by atoms with E-state index in [1.54, 1.807) is 0 Å². The van der Waals surface area contributed by atoms with Crippen molar-refractivity contribution in [3.63, 3.8) is 0 Å². The molecule has 0 saturated carbocycles. The van der Waals surface area contributed by atoms with E-state index >= 15 is 0 Å². The van der Waals surface area contributed by atoms with Gasteiger partial charge in [-0.25, -0.2) is 0 Å². The maximum Gasteiger partial charge on any atom is 0.309 e. The second-order valence-corrected chi connectivity index (χ2v) is 7.68. The zero-order chi connectivity index (χ0) is 15.0. The fraction of sp³-hybridized carbons (Fsp3) is 0.941. The van der Waals surface area contributed by atoms with Gasteiger partial charge in [0.1, 0.15) is 6.10 Å². The standard InChI is InChI=1S/C17H29NO3/c1-12(10-14-11-13(2)17(19)21-14)15-6-3-4-8-18(20)9-5-7-16(15)18/h12-16H,3-11H2,1-2H3/t12-,13-,14+,15-,16-,18?/m1/s1. The summed E-state index contributed by atoms with van der Waals surface area (Å²) in [5.74, 6) is 1.02. The van der Waals surface area contributed by atoms with E-state index in [1.165, 1.54) is 12.8 Å². The summed E-state index contributed by atoms with van der Waals surface area (Å²) < 4.78 is 5.55. The van der Waals surface area contributed by atoms with Gasteiger partial charge < -0.3 is 14.6 Å². The molecule has 21 heavy (non-hydrogen) atoms. The van der Waals surface area contributed by atoms with Crippen LogP contribution in [0, 0.1) is 23.0 Å². The smallest absolute Gasteiger partial charge is 0.309 e. The minimum absolute atomic E-state index is 0.0390. The second-order valence-electron chi connectivity index (χ2n) is 7.68. The Balaban J connectivity index is 1.65. The highest BCUT2D eigenvalue weighted by Gasteiger charge is 2.44. The van der Waals surface area contributed by atoms with Crippen LogP contribution in [0.2, 0.25) is 0 Å². The van der Waals surface area contributed by atoms with Crippen molar-refractivity contribution in [3.05, 3.63) is 5.21 Å². The molecule has 0 aromatic heterocycles. The lowest BCUT2D eigenvalue weighted by molar-refractivity contribution is -0.895. The molecule has 3 saturated heterocycles. The Labute approximate surface area is 128 Å². The highest BCUT2D eigenvalue weighted by atomic mass is 16.6. The number of hydrogen-bond donors (Lipinski definition) is 0. The van der Waals surface area contributed by atoms with Crippen molar-refractivity contribution in [1.29, 1.82) is 0 Å². The molecule has 3 heterocycles. The maximum absolute atomic E-state index is 13.0. The quantitative estimate of drug-likeness (QED) is 0.456. The van der Waals surface area contributed by atoms with Gasteiger partial charge in [0, 0.05) is 18.8 Å². The van der Waals surface area contributed by atoms with E-state index in [0.29, 0.717) is 17.9 Å². The average Bonchev–Trinajstić information content (AvgIpc) is 2.89. The molecule has 0 amide bonds. The number of hydroxylamine groups is 3. The van der Waals surface area contributed by atoms with Crippen molar-refractivity contribution >= 4 is 5.97 Å². The molecule has 4 nitrogen and oxygen atoms in total. The van der Waals surface area contributed by atoms with Crippen LogP contribution in [0.25, 0.3) is 0 Å². The number of ether oxygens (including phenoxy) is 1. The largest absolute Gasteiger partial charge is 0.633 e. The molecule has 6 atom stereocenters. The van der Waals surface area contributed by atoms with Crippen molar-refractivity contribution in [2.24, 2.45) is 17.8 Å². The summed E-state index contributed by atoms with van der Waals surface area (Å²) in [5, 5.41) is 13.0. The van der Waals surface area contributed by atoms with Gasteiger partial charge in [-0.3, -0.25) is 4.79 Å². The van der Waals surface area contributed by atoms with E-state index < -0.39 is 0 Å². The Morgan fingerprint density at radius 1 is 1.29 bits per heavy atom. The highest BCUT2D eigenvalue weighted by Crippen LogP contribution is 2.42. The minimum Gasteiger partial charge on any atom is -0.633 e. The predicted molar refractivity (Wildman–Crippen MR) is 81.2 cm³/mol. The molecule has 0 spiro atoms. The third-order valence-corrected chi connectivity index (χ3v) is 6.13. The summed E-state index contributed by atoms with van der Waals surface area (Å²) in [5.41, 5.74) is 0. The molecule has 0 bridgehead atoms. The van der Waals surface area contributed by atoms with Gasteiger partial charge in [0.2, 0.25) is 0 Å². The number of hydrogen-bond acceptors (Lipinski definition) is 3. The molecular weight excluding hydrogens is 266 g/mol. The molecule has 0 radical (unpaired) electrons. The first-order valence-corrected chi connectivity index (χ1v) is 8.78. The van der Waals surface area contributed by atoms with Gasteiger partial charge in [-0.05, 0) is 38.0 Å². The van der Waals surface area contributed by atoms with Gasteiger partial charge in [-0.2, -0.15) is 0 Å². The zero-order valence-electron chi connectivity index (χ0n) is 13.4. The topological polar surface area (TPSA) is 49.4 Å². The van der Waals surface area contributed by atoms with E-state index in [1.807, 2.05) is 6.92 Å². The van der Waals surface area contributed by atoms with Gasteiger partial charge in [0.15, 0.2) is 0 Å². The van der Waals surface area contributed by atoms with Crippen LogP contribution < -0.4 is 0 Å². The molecule has 0 aliphatic carbocycles. The molecular formula is C17H29NO3. The van der Waals surface area contributed by atoms with Crippen LogP contribution in [0.4, 0.5) is 0 Å². The number of rotatable bonds is 3. The van der Waals surface area contributed by atoms with Gasteiger partial charge in [-0.1, -0.05) is 13.8 Å². The Hall–Kier alpha value is -0.610. The molecule has 0 N–H and O–H groups in total. The summed E-state index contributed by atoms with van der Waals surface area (Å²) in [6.45, 7) is 5.87. The normalized spacial score (nSPS) is 45.0. The molecule has 3 aliphatic heterocycles. The van der Waals surface area contributed by atoms with Crippen LogP contribution in [0.1, 0.15) is 58.8 Å². The molecule has 120 valence electrons. The maximum atomic E-state index is 13.0. The monoisotopic (exact) mass is 295 g/mol. The second kappa shape index (κ2) is 5.88. The number of fused-ring (bicyclic) bond motifs is 1. The van der Waals surface area contributed by atoms with Crippen LogP contribution in [0.5, 0.6) is 0 Å². The lowest BCUT2D eigenvalue weighted by Crippen LogP contribution is -2.50. The molecule has 0 aromatic carbocycles. The van der Waals surface area contributed by atoms with Crippen LogP contribution in [0.15, 0.2) is 0 Å². The lowest BCUT2D eigenvalue weighted by atomic mass is 9.79. The van der Waals surface area contributed by atoms with E-state index in [2.05, 4.69) is 6.92 Å². The van der Waals surface area contributed by atoms with Gasteiger partial charge in [-0.15, -0.1) is 0 Å². The predicted octanol–water partition coefficient (Wildman–Crippen LogP) is 3.24. The lowest BCUT2D eigenvalue weighted by Gasteiger charge is -2.47. The van der Waals surface area contributed by atoms with Crippen molar-refractivity contribution in [2.45, 2.75) is 70.9 Å². The van der Waals surface area contributed by atoms with Crippen LogP contribution in [0.3, 0.4) is 0 Å². The van der Waals surface area contributed by atoms with Crippen molar-refractivity contribution < 1.29 is 14.2 Å². The van der Waals surface area contributed by atoms with Crippen molar-refractivity contribution in [2.75, 3.05) is 13.1 Å². The molecule has 3 aliphatic rings. The highest BCUT2D eigenvalue weighted by molar-refractivity contribution is 5.74. The summed E-state index contributed by atoms with van der Waals surface area (Å²) in [4.78, 5) is 11.6. The summed E-state index contributed by atoms with van der Waals surface area (Å²) in [6.07, 6.45) is 7.53. The van der Waals surface area contributed by atoms with Crippen molar-refractivity contribution in [3.8, 4) is 0 Å². The molecule has 0 aromatic rings. The number of esters is 1. The summed E-state index contributed by atoms with van der Waals surface area (Å²) >= 11 is 0. The SMILES string of the molecule is C[C@@H]1C[C@H](C[C@@H](C)[C@H]2CCCC[N+]3([O-])CCC[C@H]23)OC1=O. The summed E-state index contributed by atoms with van der Waals surface area (Å²) in [6, 6.07) is 0.303. The average molecular weight is 295 g/mol. The van der Waals surface area contributed by atoms with Crippen LogP contribution in [-0.4, -0.2) is 35.9 Å². The van der Waals surface area contributed by atoms with Gasteiger partial charge in [0.05, 0.1) is 25.0 Å². The Kier molecular flexibility index (Phi) is 4.28. The number of nitrogens with zero attached hydrogens (tertiary/aromatic N) is 1. The first kappa shape index (κ1) is 15.3. The number of carbonyl (C=O) groups is 1. The Morgan fingerprint density at radius 2 is 2.05 bits per heavy atom. The van der Waals surface area contributed by atoms with Crippen LogP contribution >= 0.6 is 0 Å². The third-order valence-electron chi connectivity index (χ3n) is 6.13. The first-order chi connectivity index (χ1) is 9.99. The molecule has 4 heteroatoms. The summed E-state index contributed by atoms with van der Waals surface area (Å²) in [7, 11) is 0. The number of quaternary nitrogens is 1. The first-order valence-electron chi connectivity index (χ1n) is 8.78. The third kappa shape index (κ3) is 2.98. The number of carbonyl (C=O) groups excluding carboxylic acids is 1. The Bertz CT molecular complexity index is 399.